The lowest BCUT2D eigenvalue weighted by molar-refractivity contribution is -0.137. The van der Waals surface area contributed by atoms with Gasteiger partial charge in [-0.1, -0.05) is 0 Å². The lowest BCUT2D eigenvalue weighted by atomic mass is 10.0. The predicted octanol–water partition coefficient (Wildman–Crippen LogP) is 0.135. The highest BCUT2D eigenvalue weighted by Gasteiger charge is 2.48. The second kappa shape index (κ2) is 4.58. The topological polar surface area (TPSA) is 49.6 Å². The molecule has 96 valence electrons. The summed E-state index contributed by atoms with van der Waals surface area (Å²) in [6.45, 7) is 5.51. The molecule has 0 spiro atoms. The number of hydrogen-bond donors (Lipinski definition) is 1. The van der Waals surface area contributed by atoms with Gasteiger partial charge in [-0.05, 0) is 31.1 Å². The highest BCUT2D eigenvalue weighted by molar-refractivity contribution is 5.79. The zero-order chi connectivity index (χ0) is 11.8. The van der Waals surface area contributed by atoms with Gasteiger partial charge in [-0.3, -0.25) is 9.69 Å². The van der Waals surface area contributed by atoms with E-state index < -0.39 is 0 Å². The minimum atomic E-state index is 0.361. The van der Waals surface area contributed by atoms with Gasteiger partial charge in [-0.2, -0.15) is 0 Å². The monoisotopic (exact) mass is 237 g/mol. The number of nitrogens with two attached hydrogens (primary N) is 1. The molecule has 4 heteroatoms. The van der Waals surface area contributed by atoms with Crippen molar-refractivity contribution in [3.63, 3.8) is 0 Å². The van der Waals surface area contributed by atoms with E-state index in [9.17, 15) is 4.79 Å². The standard InChI is InChI=1S/C13H23N3O/c14-1-2-15-3-5-16(6-4-15)13(17)12-8-10-7-11(10)9-12/h10-12H,1-9,14H2. The average molecular weight is 237 g/mol. The quantitative estimate of drug-likeness (QED) is 0.759. The van der Waals surface area contributed by atoms with Gasteiger partial charge in [-0.25, -0.2) is 0 Å². The molecule has 1 amide bonds. The van der Waals surface area contributed by atoms with Gasteiger partial charge in [0.1, 0.15) is 0 Å². The van der Waals surface area contributed by atoms with E-state index in [1.165, 1.54) is 19.3 Å². The third-order valence-electron chi connectivity index (χ3n) is 4.72. The van der Waals surface area contributed by atoms with Crippen LogP contribution in [0.1, 0.15) is 19.3 Å². The average Bonchev–Trinajstić information content (AvgIpc) is 2.97. The molecule has 4 nitrogen and oxygen atoms in total. The Morgan fingerprint density at radius 2 is 1.71 bits per heavy atom. The van der Waals surface area contributed by atoms with Crippen molar-refractivity contribution < 1.29 is 4.79 Å². The number of fused-ring (bicyclic) bond motifs is 1. The molecule has 0 bridgehead atoms. The lowest BCUT2D eigenvalue weighted by Crippen LogP contribution is -2.51. The molecule has 2 atom stereocenters. The minimum Gasteiger partial charge on any atom is -0.340 e. The molecule has 0 aromatic heterocycles. The van der Waals surface area contributed by atoms with Crippen molar-refractivity contribution in [2.75, 3.05) is 39.3 Å². The lowest BCUT2D eigenvalue weighted by Gasteiger charge is -2.36. The maximum Gasteiger partial charge on any atom is 0.225 e. The fraction of sp³-hybridized carbons (Fsp3) is 0.923. The molecule has 1 heterocycles. The maximum atomic E-state index is 12.3. The third-order valence-corrected chi connectivity index (χ3v) is 4.72. The Balaban J connectivity index is 1.47. The van der Waals surface area contributed by atoms with Gasteiger partial charge in [0.25, 0.3) is 0 Å². The molecule has 3 rings (SSSR count). The Morgan fingerprint density at radius 3 is 2.29 bits per heavy atom. The first kappa shape index (κ1) is 11.5. The van der Waals surface area contributed by atoms with Gasteiger partial charge in [0.15, 0.2) is 0 Å². The van der Waals surface area contributed by atoms with Crippen LogP contribution in [0.15, 0.2) is 0 Å². The van der Waals surface area contributed by atoms with Crippen LogP contribution in [0.2, 0.25) is 0 Å². The second-order valence-corrected chi connectivity index (χ2v) is 5.88. The van der Waals surface area contributed by atoms with Crippen molar-refractivity contribution in [2.45, 2.75) is 19.3 Å². The molecule has 0 radical (unpaired) electrons. The number of nitrogens with zero attached hydrogens (tertiary/aromatic N) is 2. The molecule has 2 N–H and O–H groups in total. The largest absolute Gasteiger partial charge is 0.340 e. The van der Waals surface area contributed by atoms with Gasteiger partial charge in [0.2, 0.25) is 5.91 Å². The highest BCUT2D eigenvalue weighted by Crippen LogP contribution is 2.54. The second-order valence-electron chi connectivity index (χ2n) is 5.88. The zero-order valence-electron chi connectivity index (χ0n) is 10.5. The molecule has 3 fully saturated rings. The van der Waals surface area contributed by atoms with Crippen LogP contribution < -0.4 is 5.73 Å². The van der Waals surface area contributed by atoms with E-state index in [2.05, 4.69) is 9.80 Å². The number of piperazine rings is 1. The first-order valence-electron chi connectivity index (χ1n) is 6.99. The Bertz CT molecular complexity index is 289. The van der Waals surface area contributed by atoms with Crippen molar-refractivity contribution in [2.24, 2.45) is 23.5 Å². The van der Waals surface area contributed by atoms with E-state index in [-0.39, 0.29) is 0 Å². The third kappa shape index (κ3) is 2.33. The molecule has 3 aliphatic rings. The van der Waals surface area contributed by atoms with Crippen LogP contribution in [0.25, 0.3) is 0 Å². The van der Waals surface area contributed by atoms with Crippen molar-refractivity contribution in [1.29, 1.82) is 0 Å². The van der Waals surface area contributed by atoms with E-state index in [1.807, 2.05) is 0 Å². The zero-order valence-corrected chi connectivity index (χ0v) is 10.5. The Kier molecular flexibility index (Phi) is 3.09. The molecule has 2 saturated carbocycles. The summed E-state index contributed by atoms with van der Waals surface area (Å²) < 4.78 is 0. The first-order chi connectivity index (χ1) is 8.28. The molecule has 17 heavy (non-hydrogen) atoms. The van der Waals surface area contributed by atoms with Crippen molar-refractivity contribution >= 4 is 5.91 Å². The summed E-state index contributed by atoms with van der Waals surface area (Å²) in [6.07, 6.45) is 3.74. The fourth-order valence-electron chi connectivity index (χ4n) is 3.55. The minimum absolute atomic E-state index is 0.361. The fourth-order valence-corrected chi connectivity index (χ4v) is 3.55. The van der Waals surface area contributed by atoms with Gasteiger partial charge in [0.05, 0.1) is 0 Å². The number of rotatable bonds is 3. The molecule has 1 saturated heterocycles. The smallest absolute Gasteiger partial charge is 0.225 e. The summed E-state index contributed by atoms with van der Waals surface area (Å²) in [7, 11) is 0. The predicted molar refractivity (Wildman–Crippen MR) is 66.4 cm³/mol. The Morgan fingerprint density at radius 1 is 1.06 bits per heavy atom. The molecule has 0 aromatic carbocycles. The van der Waals surface area contributed by atoms with Gasteiger partial charge >= 0.3 is 0 Å². The van der Waals surface area contributed by atoms with Gasteiger partial charge in [-0.15, -0.1) is 0 Å². The number of carbonyl (C=O) groups is 1. The van der Waals surface area contributed by atoms with E-state index >= 15 is 0 Å². The summed E-state index contributed by atoms with van der Waals surface area (Å²) in [6, 6.07) is 0. The van der Waals surface area contributed by atoms with Crippen LogP contribution in [0.3, 0.4) is 0 Å². The van der Waals surface area contributed by atoms with Crippen LogP contribution in [0.4, 0.5) is 0 Å². The van der Waals surface area contributed by atoms with Crippen molar-refractivity contribution in [3.05, 3.63) is 0 Å². The number of carbonyl (C=O) groups excluding carboxylic acids is 1. The summed E-state index contributed by atoms with van der Waals surface area (Å²) in [5, 5.41) is 0. The van der Waals surface area contributed by atoms with Crippen LogP contribution in [-0.2, 0) is 4.79 Å². The highest BCUT2D eigenvalue weighted by atomic mass is 16.2. The van der Waals surface area contributed by atoms with Crippen LogP contribution in [-0.4, -0.2) is 55.0 Å². The maximum absolute atomic E-state index is 12.3. The summed E-state index contributed by atoms with van der Waals surface area (Å²) in [4.78, 5) is 16.8. The molecule has 0 aromatic rings. The summed E-state index contributed by atoms with van der Waals surface area (Å²) >= 11 is 0. The SMILES string of the molecule is NCCN1CCN(C(=O)C2CC3CC3C2)CC1. The molecular formula is C13H23N3O. The van der Waals surface area contributed by atoms with Gasteiger partial charge in [0, 0.05) is 45.2 Å². The van der Waals surface area contributed by atoms with Crippen LogP contribution in [0, 0.1) is 17.8 Å². The summed E-state index contributed by atoms with van der Waals surface area (Å²) in [5.41, 5.74) is 5.55. The van der Waals surface area contributed by atoms with Crippen molar-refractivity contribution in [3.8, 4) is 0 Å². The molecule has 2 unspecified atom stereocenters. The van der Waals surface area contributed by atoms with E-state index in [0.717, 1.165) is 51.1 Å². The normalized spacial score (nSPS) is 37.0. The number of amides is 1. The van der Waals surface area contributed by atoms with E-state index in [4.69, 9.17) is 5.73 Å². The molecular weight excluding hydrogens is 214 g/mol. The van der Waals surface area contributed by atoms with E-state index in [1.54, 1.807) is 0 Å². The summed E-state index contributed by atoms with van der Waals surface area (Å²) in [5.74, 6) is 2.61. The van der Waals surface area contributed by atoms with Crippen LogP contribution in [0.5, 0.6) is 0 Å². The van der Waals surface area contributed by atoms with Crippen molar-refractivity contribution in [1.82, 2.24) is 9.80 Å². The molecule has 2 aliphatic carbocycles. The first-order valence-corrected chi connectivity index (χ1v) is 6.99. The van der Waals surface area contributed by atoms with Crippen LogP contribution >= 0.6 is 0 Å². The Labute approximate surface area is 103 Å². The Hall–Kier alpha value is -0.610. The number of hydrogen-bond acceptors (Lipinski definition) is 3. The van der Waals surface area contributed by atoms with E-state index in [0.29, 0.717) is 11.8 Å². The molecule has 1 aliphatic heterocycles. The van der Waals surface area contributed by atoms with Gasteiger partial charge < -0.3 is 10.6 Å².